The number of carbonyl (C=O) groups is 2. The molecule has 9 heteroatoms. The van der Waals surface area contributed by atoms with Crippen LogP contribution in [0.25, 0.3) is 10.2 Å². The smallest absolute Gasteiger partial charge is 0.311 e. The number of fused-ring (bicyclic) bond motifs is 1. The lowest BCUT2D eigenvalue weighted by atomic mass is 9.86. The third-order valence-corrected chi connectivity index (χ3v) is 7.48. The number of thioether (sulfide) groups is 1. The van der Waals surface area contributed by atoms with E-state index in [2.05, 4.69) is 9.97 Å². The summed E-state index contributed by atoms with van der Waals surface area (Å²) in [5.41, 5.74) is -0.0986. The van der Waals surface area contributed by atoms with Crippen LogP contribution in [0.1, 0.15) is 30.5 Å². The highest BCUT2D eigenvalue weighted by Crippen LogP contribution is 2.42. The van der Waals surface area contributed by atoms with Gasteiger partial charge in [0.25, 0.3) is 0 Å². The van der Waals surface area contributed by atoms with E-state index in [1.165, 1.54) is 41.5 Å². The van der Waals surface area contributed by atoms with Crippen LogP contribution in [0, 0.1) is 5.41 Å². The third kappa shape index (κ3) is 4.68. The number of benzene rings is 1. The van der Waals surface area contributed by atoms with Crippen LogP contribution in [-0.4, -0.2) is 28.8 Å². The fourth-order valence-corrected chi connectivity index (χ4v) is 5.80. The summed E-state index contributed by atoms with van der Waals surface area (Å²) in [6, 6.07) is 5.54. The predicted molar refractivity (Wildman–Crippen MR) is 111 cm³/mol. The van der Waals surface area contributed by atoms with E-state index in [0.717, 1.165) is 14.6 Å². The van der Waals surface area contributed by atoms with Crippen LogP contribution in [0.5, 0.6) is 0 Å². The van der Waals surface area contributed by atoms with Crippen LogP contribution in [0.2, 0.25) is 5.02 Å². The van der Waals surface area contributed by atoms with Gasteiger partial charge in [0.1, 0.15) is 10.3 Å². The van der Waals surface area contributed by atoms with Crippen LogP contribution >= 0.6 is 46.0 Å². The van der Waals surface area contributed by atoms with E-state index in [1.54, 1.807) is 26.1 Å². The molecule has 0 aliphatic heterocycles. The zero-order chi connectivity index (χ0) is 19.6. The first-order chi connectivity index (χ1) is 12.8. The molecule has 1 unspecified atom stereocenters. The molecule has 3 aromatic rings. The van der Waals surface area contributed by atoms with Crippen LogP contribution < -0.4 is 0 Å². The number of hydrogen-bond donors (Lipinski definition) is 0. The van der Waals surface area contributed by atoms with Crippen molar-refractivity contribution in [1.29, 1.82) is 0 Å². The van der Waals surface area contributed by atoms with Crippen molar-refractivity contribution in [2.24, 2.45) is 5.41 Å². The third-order valence-electron chi connectivity index (χ3n) is 3.87. The normalized spacial score (nSPS) is 12.9. The summed E-state index contributed by atoms with van der Waals surface area (Å²) in [7, 11) is 1.33. The molecule has 0 aliphatic carbocycles. The number of halogens is 1. The quantitative estimate of drug-likeness (QED) is 0.362. The molecule has 0 bridgehead atoms. The molecular weight excluding hydrogens is 424 g/mol. The number of nitrogens with zero attached hydrogens (tertiary/aromatic N) is 2. The summed E-state index contributed by atoms with van der Waals surface area (Å²) in [5.74, 6) is -0.490. The maximum Gasteiger partial charge on any atom is 0.311 e. The average molecular weight is 441 g/mol. The molecule has 1 aromatic carbocycles. The van der Waals surface area contributed by atoms with Gasteiger partial charge in [0, 0.05) is 23.0 Å². The first-order valence-electron chi connectivity index (χ1n) is 8.03. The molecule has 5 nitrogen and oxygen atoms in total. The van der Waals surface area contributed by atoms with E-state index in [0.29, 0.717) is 10.0 Å². The second kappa shape index (κ2) is 8.26. The summed E-state index contributed by atoms with van der Waals surface area (Å²) in [6.45, 7) is 3.42. The Labute approximate surface area is 174 Å². The Morgan fingerprint density at radius 1 is 1.37 bits per heavy atom. The number of hydrogen-bond acceptors (Lipinski definition) is 8. The second-order valence-electron chi connectivity index (χ2n) is 6.48. The van der Waals surface area contributed by atoms with Gasteiger partial charge in [-0.3, -0.25) is 9.59 Å². The van der Waals surface area contributed by atoms with Crippen LogP contribution in [0.3, 0.4) is 0 Å². The lowest BCUT2D eigenvalue weighted by Gasteiger charge is -2.22. The number of methoxy groups -OCH3 is 1. The van der Waals surface area contributed by atoms with Gasteiger partial charge in [-0.05, 0) is 32.0 Å². The molecule has 0 radical (unpaired) electrons. The van der Waals surface area contributed by atoms with Crippen LogP contribution in [-0.2, 0) is 14.3 Å². The van der Waals surface area contributed by atoms with Crippen molar-refractivity contribution in [1.82, 2.24) is 9.97 Å². The van der Waals surface area contributed by atoms with E-state index in [1.807, 2.05) is 17.5 Å². The van der Waals surface area contributed by atoms with E-state index in [-0.39, 0.29) is 12.2 Å². The van der Waals surface area contributed by atoms with Gasteiger partial charge in [-0.1, -0.05) is 23.4 Å². The number of aromatic nitrogens is 2. The molecule has 0 fully saturated rings. The van der Waals surface area contributed by atoms with Crippen molar-refractivity contribution < 1.29 is 14.3 Å². The number of ether oxygens (including phenoxy) is 1. The average Bonchev–Trinajstić information content (AvgIpc) is 3.27. The van der Waals surface area contributed by atoms with Crippen molar-refractivity contribution in [2.75, 3.05) is 7.11 Å². The fraction of sp³-hybridized carbons (Fsp3) is 0.333. The highest BCUT2D eigenvalue weighted by molar-refractivity contribution is 8.02. The Kier molecular flexibility index (Phi) is 6.20. The molecule has 1 atom stereocenters. The number of esters is 1. The van der Waals surface area contributed by atoms with Crippen LogP contribution in [0.15, 0.2) is 34.1 Å². The monoisotopic (exact) mass is 440 g/mol. The Balaban J connectivity index is 1.87. The van der Waals surface area contributed by atoms with Crippen LogP contribution in [0.4, 0.5) is 0 Å². The minimum absolute atomic E-state index is 0.0631. The summed E-state index contributed by atoms with van der Waals surface area (Å²) in [6.07, 6.45) is 1.73. The molecule has 3 rings (SSSR count). The summed E-state index contributed by atoms with van der Waals surface area (Å²) < 4.78 is 6.58. The molecule has 142 valence electrons. The number of Topliss-reactive ketones (excluding diaryl/α,β-unsaturated/α-hetero) is 1. The molecule has 27 heavy (non-hydrogen) atoms. The SMILES string of the molecule is COC(=O)C(C)(C)CC(=O)C(Sc1nc2cc(Cl)ccc2s1)c1nccs1. The standard InChI is InChI=1S/C18H17ClN2O3S3/c1-18(2,16(23)24-3)9-12(22)14(15-20-6-7-25-15)27-17-21-11-8-10(19)4-5-13(11)26-17/h4-8,14H,9H2,1-3H3. The lowest BCUT2D eigenvalue weighted by Crippen LogP contribution is -2.30. The molecule has 0 spiro atoms. The van der Waals surface area contributed by atoms with E-state index >= 15 is 0 Å². The van der Waals surface area contributed by atoms with E-state index in [9.17, 15) is 9.59 Å². The Morgan fingerprint density at radius 3 is 2.81 bits per heavy atom. The number of rotatable bonds is 7. The number of ketones is 1. The summed E-state index contributed by atoms with van der Waals surface area (Å²) in [5, 5.41) is 2.63. The highest BCUT2D eigenvalue weighted by Gasteiger charge is 2.36. The van der Waals surface area contributed by atoms with Gasteiger partial charge < -0.3 is 4.74 Å². The van der Waals surface area contributed by atoms with Crippen molar-refractivity contribution in [3.8, 4) is 0 Å². The molecule has 0 saturated heterocycles. The van der Waals surface area contributed by atoms with Gasteiger partial charge in [-0.25, -0.2) is 9.97 Å². The van der Waals surface area contributed by atoms with Gasteiger partial charge in [0.2, 0.25) is 0 Å². The molecular formula is C18H17ClN2O3S3. The van der Waals surface area contributed by atoms with Gasteiger partial charge in [-0.15, -0.1) is 22.7 Å². The van der Waals surface area contributed by atoms with Crippen molar-refractivity contribution >= 4 is 68.0 Å². The largest absolute Gasteiger partial charge is 0.469 e. The maximum atomic E-state index is 13.0. The van der Waals surface area contributed by atoms with E-state index in [4.69, 9.17) is 16.3 Å². The highest BCUT2D eigenvalue weighted by atomic mass is 35.5. The van der Waals surface area contributed by atoms with Crippen molar-refractivity contribution in [3.63, 3.8) is 0 Å². The number of carbonyl (C=O) groups excluding carboxylic acids is 2. The minimum atomic E-state index is -0.900. The van der Waals surface area contributed by atoms with E-state index < -0.39 is 16.6 Å². The Morgan fingerprint density at radius 2 is 2.15 bits per heavy atom. The summed E-state index contributed by atoms with van der Waals surface area (Å²) >= 11 is 10.3. The molecule has 2 heterocycles. The Hall–Kier alpha value is -1.48. The molecule has 0 N–H and O–H groups in total. The minimum Gasteiger partial charge on any atom is -0.469 e. The Bertz CT molecular complexity index is 970. The topological polar surface area (TPSA) is 69.2 Å². The molecule has 0 saturated carbocycles. The van der Waals surface area contributed by atoms with Gasteiger partial charge >= 0.3 is 5.97 Å². The van der Waals surface area contributed by atoms with Crippen molar-refractivity contribution in [2.45, 2.75) is 29.9 Å². The maximum absolute atomic E-state index is 13.0. The molecule has 0 amide bonds. The fourth-order valence-electron chi connectivity index (χ4n) is 2.53. The second-order valence-corrected chi connectivity index (χ2v) is 10.2. The lowest BCUT2D eigenvalue weighted by molar-refractivity contribution is -0.152. The molecule has 2 aromatic heterocycles. The first kappa shape index (κ1) is 20.3. The summed E-state index contributed by atoms with van der Waals surface area (Å²) in [4.78, 5) is 33.9. The first-order valence-corrected chi connectivity index (χ1v) is 11.0. The zero-order valence-corrected chi connectivity index (χ0v) is 18.1. The van der Waals surface area contributed by atoms with Gasteiger partial charge in [0.05, 0.1) is 22.7 Å². The van der Waals surface area contributed by atoms with Crippen molar-refractivity contribution in [3.05, 3.63) is 39.8 Å². The predicted octanol–water partition coefficient (Wildman–Crippen LogP) is 5.40. The van der Waals surface area contributed by atoms with Gasteiger partial charge in [-0.2, -0.15) is 0 Å². The molecule has 0 aliphatic rings. The zero-order valence-electron chi connectivity index (χ0n) is 14.9. The number of thiazole rings is 2. The van der Waals surface area contributed by atoms with Gasteiger partial charge in [0.15, 0.2) is 10.1 Å².